The number of ether oxygens (including phenoxy) is 1. The Balaban J connectivity index is 0.927. The zero-order valence-electron chi connectivity index (χ0n) is 29.5. The summed E-state index contributed by atoms with van der Waals surface area (Å²) in [6.07, 6.45) is 2.58. The van der Waals surface area contributed by atoms with E-state index in [-0.39, 0.29) is 35.3 Å². The van der Waals surface area contributed by atoms with Gasteiger partial charge in [-0.2, -0.15) is 0 Å². The molecule has 2 saturated heterocycles. The number of pyridine rings is 1. The predicted molar refractivity (Wildman–Crippen MR) is 210 cm³/mol. The number of hydrogen-bond donors (Lipinski definition) is 1. The second kappa shape index (κ2) is 13.9. The van der Waals surface area contributed by atoms with Crippen LogP contribution < -0.4 is 15.1 Å². The lowest BCUT2D eigenvalue weighted by Crippen LogP contribution is -2.59. The zero-order chi connectivity index (χ0) is 36.8. The Morgan fingerprint density at radius 1 is 0.870 bits per heavy atom. The largest absolute Gasteiger partial charge is 0.381 e. The number of hydrogen-bond acceptors (Lipinski definition) is 7. The molecule has 54 heavy (non-hydrogen) atoms. The number of thiophene rings is 1. The Labute approximate surface area is 316 Å². The van der Waals surface area contributed by atoms with Crippen LogP contribution in [0.3, 0.4) is 0 Å². The molecular formula is C44H37FN4O4S. The fourth-order valence-corrected chi connectivity index (χ4v) is 9.13. The molecule has 0 radical (unpaired) electrons. The van der Waals surface area contributed by atoms with E-state index >= 15 is 0 Å². The number of Topliss-reactive ketones (excluding diaryl/α,β-unsaturated/α-hetero) is 1. The van der Waals surface area contributed by atoms with Crippen molar-refractivity contribution in [3.63, 3.8) is 0 Å². The lowest BCUT2D eigenvalue weighted by molar-refractivity contribution is -0.000492. The molecule has 1 spiro atoms. The van der Waals surface area contributed by atoms with Crippen LogP contribution in [0, 0.1) is 11.2 Å². The fraction of sp³-hybridized carbons (Fsp3) is 0.227. The van der Waals surface area contributed by atoms with Crippen LogP contribution in [0.5, 0.6) is 0 Å². The lowest BCUT2D eigenvalue weighted by atomic mass is 9.73. The van der Waals surface area contributed by atoms with Gasteiger partial charge in [0.15, 0.2) is 5.78 Å². The van der Waals surface area contributed by atoms with Gasteiger partial charge in [-0.15, -0.1) is 11.3 Å². The van der Waals surface area contributed by atoms with Crippen molar-refractivity contribution in [3.8, 4) is 10.4 Å². The summed E-state index contributed by atoms with van der Waals surface area (Å²) in [6.45, 7) is 3.66. The normalized spacial score (nSPS) is 15.9. The topological polar surface area (TPSA) is 91.8 Å². The Bertz CT molecular complexity index is 2430. The molecule has 4 aromatic carbocycles. The number of nitrogens with zero attached hydrogens (tertiary/aromatic N) is 3. The summed E-state index contributed by atoms with van der Waals surface area (Å²) in [5, 5.41) is 3.95. The van der Waals surface area contributed by atoms with E-state index in [0.29, 0.717) is 46.0 Å². The molecule has 2 amide bonds. The van der Waals surface area contributed by atoms with E-state index in [0.717, 1.165) is 71.7 Å². The Morgan fingerprint density at radius 2 is 1.61 bits per heavy atom. The molecule has 1 N–H and O–H groups in total. The maximum absolute atomic E-state index is 14.3. The van der Waals surface area contributed by atoms with E-state index in [1.807, 2.05) is 60.7 Å². The number of fused-ring (bicyclic) bond motifs is 4. The van der Waals surface area contributed by atoms with Gasteiger partial charge in [0.2, 0.25) is 0 Å². The molecule has 5 heterocycles. The van der Waals surface area contributed by atoms with E-state index in [4.69, 9.17) is 9.72 Å². The summed E-state index contributed by atoms with van der Waals surface area (Å²) in [4.78, 5) is 51.7. The molecule has 0 saturated carbocycles. The average molecular weight is 737 g/mol. The fourth-order valence-electron chi connectivity index (χ4n) is 7.94. The van der Waals surface area contributed by atoms with Crippen molar-refractivity contribution < 1.29 is 23.5 Å². The molecule has 0 aliphatic carbocycles. The standard InChI is InChI=1S/C44H37FN4O4S/c45-35-10-4-1-7-29(35)24-38(50)39-25-31-17-20-49(37-12-6-3-9-33(37)40(31)54-39)43(52)28-13-15-32(16-14-28)46-42(51)34-23-30-8-2-5-11-36(30)47-41(34)48-26-44(27-48)18-21-53-22-19-44/h1-16,23,25H,17-22,24,26-27H2,(H,46,51). The van der Waals surface area contributed by atoms with Crippen molar-refractivity contribution in [3.05, 3.63) is 142 Å². The summed E-state index contributed by atoms with van der Waals surface area (Å²) in [7, 11) is 0. The summed E-state index contributed by atoms with van der Waals surface area (Å²) < 4.78 is 19.9. The average Bonchev–Trinajstić information content (AvgIpc) is 3.56. The number of anilines is 3. The van der Waals surface area contributed by atoms with Gasteiger partial charge in [0.1, 0.15) is 11.6 Å². The lowest BCUT2D eigenvalue weighted by Gasteiger charge is -2.53. The van der Waals surface area contributed by atoms with Crippen molar-refractivity contribution >= 4 is 57.0 Å². The summed E-state index contributed by atoms with van der Waals surface area (Å²) in [5.41, 5.74) is 5.64. The van der Waals surface area contributed by atoms with Crippen LogP contribution >= 0.6 is 11.3 Å². The first-order chi connectivity index (χ1) is 26.3. The van der Waals surface area contributed by atoms with Crippen LogP contribution in [-0.2, 0) is 17.6 Å². The van der Waals surface area contributed by atoms with E-state index < -0.39 is 0 Å². The third kappa shape index (κ3) is 6.35. The first-order valence-corrected chi connectivity index (χ1v) is 19.1. The van der Waals surface area contributed by atoms with Gasteiger partial charge >= 0.3 is 0 Å². The van der Waals surface area contributed by atoms with Gasteiger partial charge < -0.3 is 19.9 Å². The minimum atomic E-state index is -0.388. The SMILES string of the molecule is O=C(Cc1ccccc1F)c1cc2c(s1)-c1ccccc1N(C(=O)c1ccc(NC(=O)c3cc4ccccc4nc3N3CC4(CCOCC4)C3)cc1)CC2. The third-order valence-corrected chi connectivity index (χ3v) is 12.2. The Kier molecular flexibility index (Phi) is 8.79. The van der Waals surface area contributed by atoms with E-state index in [1.54, 1.807) is 47.4 Å². The number of aromatic nitrogens is 1. The molecule has 0 unspecified atom stereocenters. The highest BCUT2D eigenvalue weighted by Crippen LogP contribution is 2.44. The highest BCUT2D eigenvalue weighted by molar-refractivity contribution is 7.17. The van der Waals surface area contributed by atoms with Crippen LogP contribution in [0.25, 0.3) is 21.3 Å². The molecular weight excluding hydrogens is 700 g/mol. The molecule has 3 aliphatic rings. The maximum Gasteiger partial charge on any atom is 0.259 e. The molecule has 3 aliphatic heterocycles. The number of benzene rings is 4. The second-order valence-electron chi connectivity index (χ2n) is 14.4. The number of para-hydroxylation sites is 2. The Hall–Kier alpha value is -5.71. The summed E-state index contributed by atoms with van der Waals surface area (Å²) in [6, 6.07) is 32.7. The monoisotopic (exact) mass is 736 g/mol. The van der Waals surface area contributed by atoms with Gasteiger partial charge in [0.05, 0.1) is 21.6 Å². The number of amides is 2. The van der Waals surface area contributed by atoms with Gasteiger partial charge in [0, 0.05) is 71.8 Å². The van der Waals surface area contributed by atoms with Crippen molar-refractivity contribution in [1.82, 2.24) is 4.98 Å². The number of rotatable bonds is 7. The molecule has 270 valence electrons. The van der Waals surface area contributed by atoms with Gasteiger partial charge in [0.25, 0.3) is 11.8 Å². The van der Waals surface area contributed by atoms with E-state index in [1.165, 1.54) is 17.4 Å². The van der Waals surface area contributed by atoms with Gasteiger partial charge in [-0.05, 0) is 85.0 Å². The molecule has 6 aromatic rings. The number of carbonyl (C=O) groups excluding carboxylic acids is 3. The molecule has 0 atom stereocenters. The van der Waals surface area contributed by atoms with Gasteiger partial charge in [-0.3, -0.25) is 14.4 Å². The number of halogens is 1. The highest BCUT2D eigenvalue weighted by Gasteiger charge is 2.45. The van der Waals surface area contributed by atoms with E-state index in [9.17, 15) is 18.8 Å². The highest BCUT2D eigenvalue weighted by atomic mass is 32.1. The molecule has 9 rings (SSSR count). The molecule has 10 heteroatoms. The van der Waals surface area contributed by atoms with Crippen molar-refractivity contribution in [2.75, 3.05) is 48.0 Å². The van der Waals surface area contributed by atoms with E-state index in [2.05, 4.69) is 10.2 Å². The molecule has 0 bridgehead atoms. The van der Waals surface area contributed by atoms with Gasteiger partial charge in [-0.25, -0.2) is 9.37 Å². The second-order valence-corrected chi connectivity index (χ2v) is 15.5. The van der Waals surface area contributed by atoms with Crippen molar-refractivity contribution in [2.45, 2.75) is 25.7 Å². The summed E-state index contributed by atoms with van der Waals surface area (Å²) in [5.74, 6) is -0.249. The smallest absolute Gasteiger partial charge is 0.259 e. The quantitative estimate of drug-likeness (QED) is 0.165. The van der Waals surface area contributed by atoms with Gasteiger partial charge in [-0.1, -0.05) is 54.6 Å². The third-order valence-electron chi connectivity index (χ3n) is 10.9. The number of ketones is 1. The minimum absolute atomic E-state index is 0.00958. The first-order valence-electron chi connectivity index (χ1n) is 18.3. The predicted octanol–water partition coefficient (Wildman–Crippen LogP) is 8.60. The van der Waals surface area contributed by atoms with Crippen LogP contribution in [0.15, 0.2) is 109 Å². The zero-order valence-corrected chi connectivity index (χ0v) is 30.3. The maximum atomic E-state index is 14.3. The molecule has 8 nitrogen and oxygen atoms in total. The van der Waals surface area contributed by atoms with Crippen LogP contribution in [0.2, 0.25) is 0 Å². The molecule has 2 fully saturated rings. The summed E-state index contributed by atoms with van der Waals surface area (Å²) >= 11 is 1.39. The van der Waals surface area contributed by atoms with Crippen LogP contribution in [0.1, 0.15) is 54.4 Å². The number of carbonyl (C=O) groups is 3. The van der Waals surface area contributed by atoms with Crippen molar-refractivity contribution in [2.24, 2.45) is 5.41 Å². The Morgan fingerprint density at radius 3 is 2.43 bits per heavy atom. The van der Waals surface area contributed by atoms with Crippen LogP contribution in [0.4, 0.5) is 21.6 Å². The minimum Gasteiger partial charge on any atom is -0.381 e. The van der Waals surface area contributed by atoms with Crippen LogP contribution in [-0.4, -0.2) is 55.4 Å². The molecule has 2 aromatic heterocycles. The first kappa shape index (κ1) is 34.1. The van der Waals surface area contributed by atoms with Crippen molar-refractivity contribution in [1.29, 1.82) is 0 Å². The number of nitrogens with one attached hydrogen (secondary N) is 1.